The smallest absolute Gasteiger partial charge is 0.263 e. The molecule has 5 nitrogen and oxygen atoms in total. The number of nitrogens with zero attached hydrogens (tertiary/aromatic N) is 3. The maximum Gasteiger partial charge on any atom is 0.263 e. The Kier molecular flexibility index (Phi) is 5.18. The topological polar surface area (TPSA) is 43.9 Å². The molecule has 0 unspecified atom stereocenters. The second-order valence-corrected chi connectivity index (χ2v) is 9.34. The van der Waals surface area contributed by atoms with Crippen LogP contribution in [0.1, 0.15) is 37.4 Å². The van der Waals surface area contributed by atoms with Crippen LogP contribution in [-0.2, 0) is 19.4 Å². The largest absolute Gasteiger partial charge is 0.368 e. The molecule has 0 N–H and O–H groups in total. The van der Waals surface area contributed by atoms with E-state index in [2.05, 4.69) is 34.1 Å². The molecule has 0 aromatic heterocycles. The van der Waals surface area contributed by atoms with Gasteiger partial charge < -0.3 is 4.90 Å². The molecule has 1 saturated heterocycles. The summed E-state index contributed by atoms with van der Waals surface area (Å²) >= 11 is 0. The highest BCUT2D eigenvalue weighted by Crippen LogP contribution is 2.34. The Morgan fingerprint density at radius 3 is 2.15 bits per heavy atom. The second kappa shape index (κ2) is 8.37. The zero-order valence-electron chi connectivity index (χ0n) is 18.9. The Morgan fingerprint density at radius 2 is 1.44 bits per heavy atom. The van der Waals surface area contributed by atoms with E-state index in [9.17, 15) is 14.0 Å². The van der Waals surface area contributed by atoms with E-state index in [4.69, 9.17) is 0 Å². The monoisotopic (exact) mass is 455 g/mol. The third-order valence-corrected chi connectivity index (χ3v) is 7.46. The van der Waals surface area contributed by atoms with Gasteiger partial charge in [-0.1, -0.05) is 48.5 Å². The number of anilines is 1. The van der Waals surface area contributed by atoms with Crippen molar-refractivity contribution in [3.8, 4) is 0 Å². The summed E-state index contributed by atoms with van der Waals surface area (Å²) in [6.07, 6.45) is 2.18. The van der Waals surface area contributed by atoms with E-state index in [-0.39, 0.29) is 18.4 Å². The van der Waals surface area contributed by atoms with Crippen LogP contribution < -0.4 is 4.90 Å². The molecule has 3 aromatic rings. The molecule has 1 aliphatic carbocycles. The van der Waals surface area contributed by atoms with E-state index in [1.807, 2.05) is 12.1 Å². The number of hydrogen-bond donors (Lipinski definition) is 0. The Bertz CT molecular complexity index is 1260. The molecular weight excluding hydrogens is 429 g/mol. The van der Waals surface area contributed by atoms with Gasteiger partial charge in [-0.15, -0.1) is 0 Å². The molecule has 0 radical (unpaired) electrons. The van der Waals surface area contributed by atoms with E-state index in [0.717, 1.165) is 44.7 Å². The van der Waals surface area contributed by atoms with Crippen LogP contribution in [-0.4, -0.2) is 53.8 Å². The summed E-state index contributed by atoms with van der Waals surface area (Å²) < 4.78 is 14.2. The van der Waals surface area contributed by atoms with E-state index < -0.39 is 5.82 Å². The number of piperazine rings is 1. The normalized spacial score (nSPS) is 18.5. The number of imide groups is 1. The van der Waals surface area contributed by atoms with Gasteiger partial charge in [0.25, 0.3) is 11.8 Å². The minimum absolute atomic E-state index is 0.0610. The maximum atomic E-state index is 14.2. The van der Waals surface area contributed by atoms with Crippen molar-refractivity contribution in [1.82, 2.24) is 9.80 Å². The first-order chi connectivity index (χ1) is 16.6. The summed E-state index contributed by atoms with van der Waals surface area (Å²) in [7, 11) is 0. The van der Waals surface area contributed by atoms with Gasteiger partial charge in [-0.2, -0.15) is 0 Å². The van der Waals surface area contributed by atoms with E-state index in [0.29, 0.717) is 22.7 Å². The summed E-state index contributed by atoms with van der Waals surface area (Å²) in [5.41, 5.74) is 4.91. The molecule has 3 aromatic carbocycles. The fourth-order valence-electron chi connectivity index (χ4n) is 5.64. The average Bonchev–Trinajstić information content (AvgIpc) is 3.41. The highest BCUT2D eigenvalue weighted by molar-refractivity contribution is 6.23. The predicted octanol–water partition coefficient (Wildman–Crippen LogP) is 3.91. The van der Waals surface area contributed by atoms with Gasteiger partial charge >= 0.3 is 0 Å². The zero-order chi connectivity index (χ0) is 23.2. The number of amides is 2. The third kappa shape index (κ3) is 3.49. The van der Waals surface area contributed by atoms with Gasteiger partial charge in [-0.05, 0) is 42.2 Å². The third-order valence-electron chi connectivity index (χ3n) is 7.46. The molecule has 0 saturated carbocycles. The van der Waals surface area contributed by atoms with Crippen LogP contribution in [0.5, 0.6) is 0 Å². The predicted molar refractivity (Wildman–Crippen MR) is 128 cm³/mol. The quantitative estimate of drug-likeness (QED) is 0.560. The highest BCUT2D eigenvalue weighted by Gasteiger charge is 2.39. The number of carbonyl (C=O) groups is 2. The molecule has 0 atom stereocenters. The second-order valence-electron chi connectivity index (χ2n) is 9.34. The van der Waals surface area contributed by atoms with Gasteiger partial charge in [0.2, 0.25) is 0 Å². The van der Waals surface area contributed by atoms with Crippen molar-refractivity contribution in [2.24, 2.45) is 0 Å². The summed E-state index contributed by atoms with van der Waals surface area (Å²) in [5, 5.41) is 0. The van der Waals surface area contributed by atoms with Gasteiger partial charge in [0.05, 0.1) is 23.4 Å². The number of benzene rings is 3. The van der Waals surface area contributed by atoms with Crippen LogP contribution in [0.15, 0.2) is 66.7 Å². The lowest BCUT2D eigenvalue weighted by Gasteiger charge is -2.39. The average molecular weight is 456 g/mol. The van der Waals surface area contributed by atoms with Gasteiger partial charge in [-0.3, -0.25) is 19.4 Å². The first-order valence-electron chi connectivity index (χ1n) is 11.9. The van der Waals surface area contributed by atoms with Gasteiger partial charge in [0, 0.05) is 37.8 Å². The Morgan fingerprint density at radius 1 is 0.765 bits per heavy atom. The minimum atomic E-state index is -0.413. The first-order valence-corrected chi connectivity index (χ1v) is 11.9. The maximum absolute atomic E-state index is 14.2. The highest BCUT2D eigenvalue weighted by atomic mass is 19.1. The van der Waals surface area contributed by atoms with Crippen molar-refractivity contribution in [1.29, 1.82) is 0 Å². The van der Waals surface area contributed by atoms with Gasteiger partial charge in [-0.25, -0.2) is 4.39 Å². The fraction of sp³-hybridized carbons (Fsp3) is 0.286. The number of rotatable bonds is 4. The van der Waals surface area contributed by atoms with Crippen LogP contribution in [0, 0.1) is 5.82 Å². The fourth-order valence-corrected chi connectivity index (χ4v) is 5.64. The van der Waals surface area contributed by atoms with Crippen LogP contribution in [0.3, 0.4) is 0 Å². The lowest BCUT2D eigenvalue weighted by Crippen LogP contribution is -2.51. The summed E-state index contributed by atoms with van der Waals surface area (Å²) in [4.78, 5) is 32.3. The van der Waals surface area contributed by atoms with Gasteiger partial charge in [0.1, 0.15) is 5.82 Å². The SMILES string of the molecule is O=C1c2cccc(N3CCN(C4Cc5ccccc5C4)CC3)c2C(=O)N1Cc1ccccc1F. The standard InChI is InChI=1S/C28H26FN3O2/c29-24-10-4-3-8-21(24)18-32-27(33)23-9-5-11-25(26(23)28(32)34)31-14-12-30(13-15-31)22-16-19-6-1-2-7-20(19)17-22/h1-11,22H,12-18H2. The number of carbonyl (C=O) groups excluding carboxylic acids is 2. The number of hydrogen-bond acceptors (Lipinski definition) is 4. The van der Waals surface area contributed by atoms with Crippen molar-refractivity contribution in [2.75, 3.05) is 31.1 Å². The lowest BCUT2D eigenvalue weighted by molar-refractivity contribution is 0.0641. The Hall–Kier alpha value is -3.51. The Balaban J connectivity index is 1.18. The van der Waals surface area contributed by atoms with E-state index in [1.54, 1.807) is 24.3 Å². The molecule has 0 spiro atoms. The summed E-state index contributed by atoms with van der Waals surface area (Å²) in [5.74, 6) is -1.11. The molecule has 34 heavy (non-hydrogen) atoms. The van der Waals surface area contributed by atoms with E-state index >= 15 is 0 Å². The molecule has 0 bridgehead atoms. The number of fused-ring (bicyclic) bond motifs is 2. The van der Waals surface area contributed by atoms with Crippen LogP contribution in [0.2, 0.25) is 0 Å². The van der Waals surface area contributed by atoms with Crippen molar-refractivity contribution in [3.63, 3.8) is 0 Å². The molecule has 172 valence electrons. The molecule has 2 amide bonds. The van der Waals surface area contributed by atoms with Crippen molar-refractivity contribution in [2.45, 2.75) is 25.4 Å². The van der Waals surface area contributed by atoms with Crippen molar-refractivity contribution >= 4 is 17.5 Å². The Labute approximate surface area is 198 Å². The number of halogens is 1. The molecule has 3 aliphatic rings. The summed E-state index contributed by atoms with van der Waals surface area (Å²) in [6.45, 7) is 3.39. The zero-order valence-corrected chi connectivity index (χ0v) is 18.9. The van der Waals surface area contributed by atoms with Crippen LogP contribution >= 0.6 is 0 Å². The molecule has 2 aliphatic heterocycles. The lowest BCUT2D eigenvalue weighted by atomic mass is 10.1. The molecular formula is C28H26FN3O2. The van der Waals surface area contributed by atoms with E-state index in [1.165, 1.54) is 22.1 Å². The van der Waals surface area contributed by atoms with Crippen molar-refractivity contribution < 1.29 is 14.0 Å². The van der Waals surface area contributed by atoms with Crippen LogP contribution in [0.25, 0.3) is 0 Å². The van der Waals surface area contributed by atoms with Crippen molar-refractivity contribution in [3.05, 3.63) is 100 Å². The molecule has 2 heterocycles. The van der Waals surface area contributed by atoms with Crippen LogP contribution in [0.4, 0.5) is 10.1 Å². The molecule has 6 rings (SSSR count). The van der Waals surface area contributed by atoms with Gasteiger partial charge in [0.15, 0.2) is 0 Å². The molecule has 6 heteroatoms. The minimum Gasteiger partial charge on any atom is -0.368 e. The summed E-state index contributed by atoms with van der Waals surface area (Å²) in [6, 6.07) is 21.0. The molecule has 1 fully saturated rings. The first kappa shape index (κ1) is 21.1.